The smallest absolute Gasteiger partial charge is 0.320 e. The maximum Gasteiger partial charge on any atom is 0.320 e. The number of rotatable bonds is 3. The molecule has 5 heteroatoms. The van der Waals surface area contributed by atoms with Gasteiger partial charge in [-0.1, -0.05) is 25.3 Å². The van der Waals surface area contributed by atoms with E-state index in [0.29, 0.717) is 11.4 Å². The van der Waals surface area contributed by atoms with Gasteiger partial charge < -0.3 is 15.4 Å². The first kappa shape index (κ1) is 14.2. The molecular formula is C15H19N3O2. The number of methoxy groups -OCH3 is 1. The van der Waals surface area contributed by atoms with Crippen molar-refractivity contribution < 1.29 is 9.53 Å². The Morgan fingerprint density at radius 1 is 1.35 bits per heavy atom. The molecule has 0 radical (unpaired) electrons. The quantitative estimate of drug-likeness (QED) is 0.888. The molecule has 0 saturated heterocycles. The Morgan fingerprint density at radius 2 is 2.10 bits per heavy atom. The van der Waals surface area contributed by atoms with E-state index in [2.05, 4.69) is 16.7 Å². The SMILES string of the molecule is COc1cccc(NC(=O)NC2(C#N)CCCCC2)c1. The zero-order chi connectivity index (χ0) is 14.4. The van der Waals surface area contributed by atoms with E-state index in [9.17, 15) is 10.1 Å². The number of nitriles is 1. The second-order valence-corrected chi connectivity index (χ2v) is 5.07. The van der Waals surface area contributed by atoms with Crippen molar-refractivity contribution in [3.63, 3.8) is 0 Å². The Kier molecular flexibility index (Phi) is 4.46. The van der Waals surface area contributed by atoms with Crippen molar-refractivity contribution in [3.8, 4) is 11.8 Å². The topological polar surface area (TPSA) is 74.2 Å². The third-order valence-electron chi connectivity index (χ3n) is 3.60. The normalized spacial score (nSPS) is 16.8. The van der Waals surface area contributed by atoms with Crippen LogP contribution in [0, 0.1) is 11.3 Å². The summed E-state index contributed by atoms with van der Waals surface area (Å²) in [6.45, 7) is 0. The fourth-order valence-corrected chi connectivity index (χ4v) is 2.50. The van der Waals surface area contributed by atoms with Crippen LogP contribution >= 0.6 is 0 Å². The van der Waals surface area contributed by atoms with Crippen LogP contribution in [-0.4, -0.2) is 18.7 Å². The summed E-state index contributed by atoms with van der Waals surface area (Å²) in [5.41, 5.74) is -0.0768. The largest absolute Gasteiger partial charge is 0.497 e. The lowest BCUT2D eigenvalue weighted by atomic mass is 9.83. The molecule has 0 aliphatic heterocycles. The molecule has 5 nitrogen and oxygen atoms in total. The second-order valence-electron chi connectivity index (χ2n) is 5.07. The Morgan fingerprint density at radius 3 is 2.75 bits per heavy atom. The summed E-state index contributed by atoms with van der Waals surface area (Å²) in [6, 6.07) is 9.04. The van der Waals surface area contributed by atoms with Crippen LogP contribution in [0.25, 0.3) is 0 Å². The standard InChI is InChI=1S/C15H19N3O2/c1-20-13-7-5-6-12(10-13)17-14(19)18-15(11-16)8-3-2-4-9-15/h5-7,10H,2-4,8-9H2,1H3,(H2,17,18,19). The molecule has 2 rings (SSSR count). The first-order valence-corrected chi connectivity index (χ1v) is 6.82. The first-order chi connectivity index (χ1) is 9.67. The lowest BCUT2D eigenvalue weighted by Crippen LogP contribution is -2.50. The highest BCUT2D eigenvalue weighted by Gasteiger charge is 2.33. The molecule has 1 aromatic rings. The van der Waals surface area contributed by atoms with Crippen LogP contribution in [0.15, 0.2) is 24.3 Å². The molecule has 1 aliphatic rings. The minimum atomic E-state index is -0.721. The molecule has 0 atom stereocenters. The summed E-state index contributed by atoms with van der Waals surface area (Å²) in [6.07, 6.45) is 4.52. The van der Waals surface area contributed by atoms with Crippen molar-refractivity contribution in [1.82, 2.24) is 5.32 Å². The summed E-state index contributed by atoms with van der Waals surface area (Å²) in [5, 5.41) is 14.9. The molecule has 20 heavy (non-hydrogen) atoms. The molecule has 0 aromatic heterocycles. The molecular weight excluding hydrogens is 254 g/mol. The predicted molar refractivity (Wildman–Crippen MR) is 76.6 cm³/mol. The molecule has 1 saturated carbocycles. The summed E-state index contributed by atoms with van der Waals surface area (Å²) in [5.74, 6) is 0.676. The van der Waals surface area contributed by atoms with Gasteiger partial charge in [-0.05, 0) is 25.0 Å². The molecule has 0 unspecified atom stereocenters. The van der Waals surface area contributed by atoms with Gasteiger partial charge in [0.2, 0.25) is 0 Å². The molecule has 0 heterocycles. The molecule has 1 aromatic carbocycles. The number of nitrogens with one attached hydrogen (secondary N) is 2. The van der Waals surface area contributed by atoms with E-state index in [4.69, 9.17) is 4.74 Å². The van der Waals surface area contributed by atoms with Crippen molar-refractivity contribution >= 4 is 11.7 Å². The van der Waals surface area contributed by atoms with E-state index in [0.717, 1.165) is 32.1 Å². The highest BCUT2D eigenvalue weighted by atomic mass is 16.5. The van der Waals surface area contributed by atoms with E-state index < -0.39 is 5.54 Å². The molecule has 0 spiro atoms. The van der Waals surface area contributed by atoms with Crippen molar-refractivity contribution in [2.75, 3.05) is 12.4 Å². The molecule has 2 amide bonds. The number of benzene rings is 1. The summed E-state index contributed by atoms with van der Waals surface area (Å²) in [7, 11) is 1.58. The molecule has 2 N–H and O–H groups in total. The van der Waals surface area contributed by atoms with Gasteiger partial charge in [-0.3, -0.25) is 0 Å². The number of amides is 2. The molecule has 0 bridgehead atoms. The van der Waals surface area contributed by atoms with Crippen LogP contribution in [0.3, 0.4) is 0 Å². The maximum atomic E-state index is 12.0. The average molecular weight is 273 g/mol. The Bertz CT molecular complexity index is 516. The summed E-state index contributed by atoms with van der Waals surface area (Å²) in [4.78, 5) is 12.0. The Balaban J connectivity index is 1.99. The van der Waals surface area contributed by atoms with Gasteiger partial charge in [0.25, 0.3) is 0 Å². The molecule has 1 fully saturated rings. The van der Waals surface area contributed by atoms with Gasteiger partial charge in [0, 0.05) is 11.8 Å². The lowest BCUT2D eigenvalue weighted by Gasteiger charge is -2.31. The van der Waals surface area contributed by atoms with Crippen molar-refractivity contribution in [3.05, 3.63) is 24.3 Å². The third kappa shape index (κ3) is 3.41. The van der Waals surface area contributed by atoms with E-state index in [1.54, 1.807) is 31.4 Å². The zero-order valence-corrected chi connectivity index (χ0v) is 11.6. The minimum Gasteiger partial charge on any atom is -0.497 e. The third-order valence-corrected chi connectivity index (χ3v) is 3.60. The van der Waals surface area contributed by atoms with Crippen molar-refractivity contribution in [2.24, 2.45) is 0 Å². The summed E-state index contributed by atoms with van der Waals surface area (Å²) >= 11 is 0. The van der Waals surface area contributed by atoms with Gasteiger partial charge in [-0.2, -0.15) is 5.26 Å². The van der Waals surface area contributed by atoms with Gasteiger partial charge >= 0.3 is 6.03 Å². The number of carbonyl (C=O) groups is 1. The van der Waals surface area contributed by atoms with Crippen molar-refractivity contribution in [1.29, 1.82) is 5.26 Å². The first-order valence-electron chi connectivity index (χ1n) is 6.82. The lowest BCUT2D eigenvalue weighted by molar-refractivity contribution is 0.233. The molecule has 1 aliphatic carbocycles. The van der Waals surface area contributed by atoms with Crippen LogP contribution < -0.4 is 15.4 Å². The number of hydrogen-bond acceptors (Lipinski definition) is 3. The zero-order valence-electron chi connectivity index (χ0n) is 11.6. The second kappa shape index (κ2) is 6.29. The van der Waals surface area contributed by atoms with Crippen LogP contribution in [0.1, 0.15) is 32.1 Å². The monoisotopic (exact) mass is 273 g/mol. The highest BCUT2D eigenvalue weighted by molar-refractivity contribution is 5.90. The number of nitrogens with zero attached hydrogens (tertiary/aromatic N) is 1. The molecule has 106 valence electrons. The average Bonchev–Trinajstić information content (AvgIpc) is 2.48. The van der Waals surface area contributed by atoms with E-state index in [1.807, 2.05) is 0 Å². The van der Waals surface area contributed by atoms with Gasteiger partial charge in [-0.15, -0.1) is 0 Å². The van der Waals surface area contributed by atoms with Crippen LogP contribution in [0.5, 0.6) is 5.75 Å². The van der Waals surface area contributed by atoms with Gasteiger partial charge in [-0.25, -0.2) is 4.79 Å². The fraction of sp³-hybridized carbons (Fsp3) is 0.467. The van der Waals surface area contributed by atoms with E-state index in [-0.39, 0.29) is 6.03 Å². The minimum absolute atomic E-state index is 0.346. The number of anilines is 1. The van der Waals surface area contributed by atoms with E-state index in [1.165, 1.54) is 0 Å². The highest BCUT2D eigenvalue weighted by Crippen LogP contribution is 2.27. The van der Waals surface area contributed by atoms with E-state index >= 15 is 0 Å². The number of carbonyl (C=O) groups excluding carboxylic acids is 1. The Labute approximate surface area is 118 Å². The predicted octanol–water partition coefficient (Wildman–Crippen LogP) is 3.04. The van der Waals surface area contributed by atoms with Crippen LogP contribution in [0.2, 0.25) is 0 Å². The maximum absolute atomic E-state index is 12.0. The van der Waals surface area contributed by atoms with Gasteiger partial charge in [0.1, 0.15) is 11.3 Å². The van der Waals surface area contributed by atoms with Gasteiger partial charge in [0.05, 0.1) is 13.2 Å². The number of urea groups is 1. The van der Waals surface area contributed by atoms with Crippen molar-refractivity contribution in [2.45, 2.75) is 37.6 Å². The number of hydrogen-bond donors (Lipinski definition) is 2. The summed E-state index contributed by atoms with van der Waals surface area (Å²) < 4.78 is 5.10. The number of ether oxygens (including phenoxy) is 1. The fourth-order valence-electron chi connectivity index (χ4n) is 2.50. The van der Waals surface area contributed by atoms with Crippen LogP contribution in [-0.2, 0) is 0 Å². The Hall–Kier alpha value is -2.22. The van der Waals surface area contributed by atoms with Gasteiger partial charge in [0.15, 0.2) is 0 Å². The van der Waals surface area contributed by atoms with Crippen LogP contribution in [0.4, 0.5) is 10.5 Å².